The molecule has 6 nitrogen and oxygen atoms in total. The van der Waals surface area contributed by atoms with E-state index < -0.39 is 6.04 Å². The van der Waals surface area contributed by atoms with Gasteiger partial charge in [-0.15, -0.1) is 0 Å². The van der Waals surface area contributed by atoms with Crippen molar-refractivity contribution in [2.45, 2.75) is 12.5 Å². The van der Waals surface area contributed by atoms with Gasteiger partial charge in [0.1, 0.15) is 6.04 Å². The molecule has 100 valence electrons. The molecule has 0 aliphatic heterocycles. The van der Waals surface area contributed by atoms with Crippen LogP contribution in [0.15, 0.2) is 24.5 Å². The van der Waals surface area contributed by atoms with E-state index in [1.165, 1.54) is 4.90 Å². The molecule has 0 saturated carbocycles. The van der Waals surface area contributed by atoms with Crippen LogP contribution in [0.3, 0.4) is 0 Å². The normalized spacial score (nSPS) is 10.7. The second-order valence-corrected chi connectivity index (χ2v) is 3.64. The van der Waals surface area contributed by atoms with Gasteiger partial charge >= 0.3 is 0 Å². The van der Waals surface area contributed by atoms with Gasteiger partial charge in [0.2, 0.25) is 12.3 Å². The van der Waals surface area contributed by atoms with E-state index in [9.17, 15) is 9.59 Å². The highest BCUT2D eigenvalue weighted by Crippen LogP contribution is 2.02. The molecule has 0 fully saturated rings. The minimum atomic E-state index is -0.531. The van der Waals surface area contributed by atoms with Crippen molar-refractivity contribution in [3.63, 3.8) is 0 Å². The number of nitrogens with one attached hydrogen (secondary N) is 1. The summed E-state index contributed by atoms with van der Waals surface area (Å²) in [6, 6.07) is 3.14. The maximum absolute atomic E-state index is 11.7. The van der Waals surface area contributed by atoms with Gasteiger partial charge in [-0.25, -0.2) is 0 Å². The number of hydrogen-bond acceptors (Lipinski definition) is 4. The molecule has 0 bridgehead atoms. The minimum absolute atomic E-state index is 0.129. The quantitative estimate of drug-likeness (QED) is 0.689. The zero-order valence-corrected chi connectivity index (χ0v) is 10.8. The summed E-state index contributed by atoms with van der Waals surface area (Å²) >= 11 is 0. The third-order valence-electron chi connectivity index (χ3n) is 2.17. The number of aliphatic hydroxyl groups is 1. The molecular weight excluding hydrogens is 234 g/mol. The Labute approximate surface area is 107 Å². The van der Waals surface area contributed by atoms with E-state index >= 15 is 0 Å². The van der Waals surface area contributed by atoms with Crippen molar-refractivity contribution in [1.82, 2.24) is 15.2 Å². The predicted molar refractivity (Wildman–Crippen MR) is 67.8 cm³/mol. The van der Waals surface area contributed by atoms with Crippen LogP contribution in [0.25, 0.3) is 0 Å². The molecule has 0 saturated heterocycles. The van der Waals surface area contributed by atoms with Gasteiger partial charge in [0, 0.05) is 40.0 Å². The maximum atomic E-state index is 11.7. The van der Waals surface area contributed by atoms with Gasteiger partial charge in [0.05, 0.1) is 0 Å². The molecule has 1 rings (SSSR count). The average Bonchev–Trinajstić information content (AvgIpc) is 2.41. The maximum Gasteiger partial charge on any atom is 0.244 e. The van der Waals surface area contributed by atoms with E-state index in [0.29, 0.717) is 12.8 Å². The molecule has 0 aromatic carbocycles. The Bertz CT molecular complexity index is 355. The molecule has 0 spiro atoms. The molecule has 1 aromatic rings. The molecule has 0 radical (unpaired) electrons. The lowest BCUT2D eigenvalue weighted by molar-refractivity contribution is -0.132. The van der Waals surface area contributed by atoms with Crippen LogP contribution in [0.5, 0.6) is 0 Å². The summed E-state index contributed by atoms with van der Waals surface area (Å²) in [5, 5.41) is 9.51. The third kappa shape index (κ3) is 5.40. The van der Waals surface area contributed by atoms with E-state index in [4.69, 9.17) is 5.11 Å². The number of hydrogen-bond donors (Lipinski definition) is 2. The van der Waals surface area contributed by atoms with Crippen LogP contribution in [0.4, 0.5) is 0 Å². The average molecular weight is 253 g/mol. The summed E-state index contributed by atoms with van der Waals surface area (Å²) in [6.45, 7) is 0. The summed E-state index contributed by atoms with van der Waals surface area (Å²) in [5.41, 5.74) is 0.914. The fraction of sp³-hybridized carbons (Fsp3) is 0.417. The number of carbonyl (C=O) groups is 2. The lowest BCUT2D eigenvalue weighted by Crippen LogP contribution is -2.44. The van der Waals surface area contributed by atoms with Gasteiger partial charge in [0.15, 0.2) is 0 Å². The van der Waals surface area contributed by atoms with Crippen molar-refractivity contribution in [2.24, 2.45) is 0 Å². The Morgan fingerprint density at radius 3 is 2.67 bits per heavy atom. The Morgan fingerprint density at radius 2 is 2.22 bits per heavy atom. The number of aliphatic hydroxyl groups excluding tert-OH is 1. The Kier molecular flexibility index (Phi) is 8.13. The van der Waals surface area contributed by atoms with Gasteiger partial charge in [-0.05, 0) is 11.6 Å². The molecular formula is C12H19N3O3. The molecule has 0 aliphatic carbocycles. The van der Waals surface area contributed by atoms with Crippen LogP contribution in [0.1, 0.15) is 5.56 Å². The number of pyridine rings is 1. The van der Waals surface area contributed by atoms with E-state index in [1.54, 1.807) is 32.6 Å². The van der Waals surface area contributed by atoms with Gasteiger partial charge in [-0.1, -0.05) is 6.07 Å². The van der Waals surface area contributed by atoms with Crippen molar-refractivity contribution in [2.75, 3.05) is 21.2 Å². The van der Waals surface area contributed by atoms with Crippen molar-refractivity contribution < 1.29 is 14.7 Å². The first-order valence-corrected chi connectivity index (χ1v) is 5.39. The number of amides is 2. The molecule has 6 heteroatoms. The van der Waals surface area contributed by atoms with E-state index in [1.807, 2.05) is 6.07 Å². The fourth-order valence-electron chi connectivity index (χ4n) is 1.37. The molecule has 0 unspecified atom stereocenters. The Morgan fingerprint density at radius 1 is 1.56 bits per heavy atom. The molecule has 1 heterocycles. The van der Waals surface area contributed by atoms with Crippen LogP contribution in [0, 0.1) is 0 Å². The second-order valence-electron chi connectivity index (χ2n) is 3.64. The molecule has 1 atom stereocenters. The van der Waals surface area contributed by atoms with E-state index in [-0.39, 0.29) is 5.91 Å². The number of aromatic nitrogens is 1. The highest BCUT2D eigenvalue weighted by molar-refractivity contribution is 5.83. The summed E-state index contributed by atoms with van der Waals surface area (Å²) in [6.07, 6.45) is 4.34. The topological polar surface area (TPSA) is 82.5 Å². The highest BCUT2D eigenvalue weighted by Gasteiger charge is 2.19. The smallest absolute Gasteiger partial charge is 0.244 e. The standard InChI is InChI=1S/C11H15N3O2.CH4O/c1-14(2)11(16)10(13-8-15)6-9-4-3-5-12-7-9;1-2/h3-5,7-8,10H,6H2,1-2H3,(H,13,15);2H,1H3/t10-;/m0./s1. The van der Waals surface area contributed by atoms with E-state index in [2.05, 4.69) is 10.3 Å². The summed E-state index contributed by atoms with van der Waals surface area (Å²) < 4.78 is 0. The number of nitrogens with zero attached hydrogens (tertiary/aromatic N) is 2. The van der Waals surface area contributed by atoms with Crippen LogP contribution >= 0.6 is 0 Å². The first kappa shape index (κ1) is 16.1. The molecule has 0 aliphatic rings. The zero-order chi connectivity index (χ0) is 14.0. The minimum Gasteiger partial charge on any atom is -0.400 e. The van der Waals surface area contributed by atoms with Crippen LogP contribution in [0.2, 0.25) is 0 Å². The SMILES string of the molecule is CN(C)C(=O)[C@H](Cc1cccnc1)NC=O.CO. The van der Waals surface area contributed by atoms with Crippen molar-refractivity contribution in [3.8, 4) is 0 Å². The third-order valence-corrected chi connectivity index (χ3v) is 2.17. The number of likely N-dealkylation sites (N-methyl/N-ethyl adjacent to an activating group) is 1. The molecule has 1 aromatic heterocycles. The highest BCUT2D eigenvalue weighted by atomic mass is 16.2. The van der Waals surface area contributed by atoms with Gasteiger partial charge < -0.3 is 15.3 Å². The van der Waals surface area contributed by atoms with Crippen molar-refractivity contribution >= 4 is 12.3 Å². The molecule has 18 heavy (non-hydrogen) atoms. The van der Waals surface area contributed by atoms with Crippen LogP contribution in [-0.4, -0.2) is 54.6 Å². The lowest BCUT2D eigenvalue weighted by atomic mass is 10.1. The Balaban J connectivity index is 0.00000137. The lowest BCUT2D eigenvalue weighted by Gasteiger charge is -2.19. The largest absolute Gasteiger partial charge is 0.400 e. The molecule has 2 N–H and O–H groups in total. The first-order valence-electron chi connectivity index (χ1n) is 5.39. The number of carbonyl (C=O) groups excluding carboxylic acids is 2. The van der Waals surface area contributed by atoms with Crippen LogP contribution in [-0.2, 0) is 16.0 Å². The molecule has 2 amide bonds. The van der Waals surface area contributed by atoms with Gasteiger partial charge in [0.25, 0.3) is 0 Å². The predicted octanol–water partition coefficient (Wildman–Crippen LogP) is -0.565. The van der Waals surface area contributed by atoms with Crippen molar-refractivity contribution in [3.05, 3.63) is 30.1 Å². The first-order chi connectivity index (χ1) is 8.65. The van der Waals surface area contributed by atoms with Gasteiger partial charge in [-0.2, -0.15) is 0 Å². The van der Waals surface area contributed by atoms with Crippen molar-refractivity contribution in [1.29, 1.82) is 0 Å². The van der Waals surface area contributed by atoms with Crippen LogP contribution < -0.4 is 5.32 Å². The zero-order valence-electron chi connectivity index (χ0n) is 10.8. The summed E-state index contributed by atoms with van der Waals surface area (Å²) in [5.74, 6) is -0.129. The fourth-order valence-corrected chi connectivity index (χ4v) is 1.37. The Hall–Kier alpha value is -1.95. The monoisotopic (exact) mass is 253 g/mol. The van der Waals surface area contributed by atoms with E-state index in [0.717, 1.165) is 12.7 Å². The second kappa shape index (κ2) is 9.12. The summed E-state index contributed by atoms with van der Waals surface area (Å²) in [4.78, 5) is 27.6. The van der Waals surface area contributed by atoms with Gasteiger partial charge in [-0.3, -0.25) is 14.6 Å². The summed E-state index contributed by atoms with van der Waals surface area (Å²) in [7, 11) is 4.32. The number of rotatable bonds is 5.